The number of benzene rings is 7. The zero-order valence-electron chi connectivity index (χ0n) is 25.1. The van der Waals surface area contributed by atoms with Crippen LogP contribution in [0.5, 0.6) is 0 Å². The van der Waals surface area contributed by atoms with Crippen molar-refractivity contribution in [3.05, 3.63) is 157 Å². The molecule has 218 valence electrons. The molecule has 0 aliphatic rings. The zero-order chi connectivity index (χ0) is 31.1. The quantitative estimate of drug-likeness (QED) is 0.171. The highest BCUT2D eigenvalue weighted by Gasteiger charge is 2.19. The molecule has 3 aromatic heterocycles. The van der Waals surface area contributed by atoms with Crippen LogP contribution in [0.4, 0.5) is 5.69 Å². The highest BCUT2D eigenvalue weighted by molar-refractivity contribution is 7.27. The van der Waals surface area contributed by atoms with E-state index in [1.54, 1.807) is 11.3 Å². The lowest BCUT2D eigenvalue weighted by atomic mass is 10.00. The normalized spacial score (nSPS) is 11.8. The van der Waals surface area contributed by atoms with Gasteiger partial charge in [0.05, 0.1) is 28.0 Å². The van der Waals surface area contributed by atoms with Gasteiger partial charge in [0.2, 0.25) is 5.69 Å². The van der Waals surface area contributed by atoms with Crippen LogP contribution in [-0.4, -0.2) is 4.57 Å². The fourth-order valence-electron chi connectivity index (χ4n) is 7.24. The third-order valence-corrected chi connectivity index (χ3v) is 11.8. The number of nitrogens with zero attached hydrogens (tertiary/aromatic N) is 2. The van der Waals surface area contributed by atoms with E-state index in [0.29, 0.717) is 5.69 Å². The van der Waals surface area contributed by atoms with Gasteiger partial charge in [-0.3, -0.25) is 0 Å². The van der Waals surface area contributed by atoms with Crippen LogP contribution in [0.1, 0.15) is 0 Å². The smallest absolute Gasteiger partial charge is 0.205 e. The largest absolute Gasteiger partial charge is 0.308 e. The summed E-state index contributed by atoms with van der Waals surface area (Å²) in [6, 6.07) is 52.4. The van der Waals surface area contributed by atoms with Crippen LogP contribution in [0, 0.1) is 6.57 Å². The summed E-state index contributed by atoms with van der Waals surface area (Å²) in [7, 11) is 0. The summed E-state index contributed by atoms with van der Waals surface area (Å²) in [4.78, 5) is 4.07. The lowest BCUT2D eigenvalue weighted by Gasteiger charge is -2.10. The van der Waals surface area contributed by atoms with Gasteiger partial charge in [-0.25, -0.2) is 4.85 Å². The lowest BCUT2D eigenvalue weighted by molar-refractivity contribution is 1.20. The van der Waals surface area contributed by atoms with Gasteiger partial charge in [-0.2, -0.15) is 0 Å². The van der Waals surface area contributed by atoms with E-state index in [2.05, 4.69) is 155 Å². The molecular formula is C43H24N2S2. The van der Waals surface area contributed by atoms with Gasteiger partial charge in [0.15, 0.2) is 0 Å². The summed E-state index contributed by atoms with van der Waals surface area (Å²) in [5.41, 5.74) is 8.85. The molecule has 47 heavy (non-hydrogen) atoms. The predicted molar refractivity (Wildman–Crippen MR) is 204 cm³/mol. The SMILES string of the molecule is [C-]#[N+]c1cc(-c2ccc3sc4ccccc4c3c2)cc2c1sc1c(-n3c4ccccc4c4cc(-c5ccccc5)ccc43)cccc12. The van der Waals surface area contributed by atoms with Crippen molar-refractivity contribution in [2.24, 2.45) is 0 Å². The molecule has 2 nitrogen and oxygen atoms in total. The Balaban J connectivity index is 1.21. The second-order valence-corrected chi connectivity index (χ2v) is 14.1. The van der Waals surface area contributed by atoms with Crippen molar-refractivity contribution < 1.29 is 0 Å². The molecule has 0 saturated carbocycles. The molecule has 4 heteroatoms. The van der Waals surface area contributed by atoms with E-state index in [1.165, 1.54) is 63.2 Å². The summed E-state index contributed by atoms with van der Waals surface area (Å²) in [5, 5.41) is 7.35. The lowest BCUT2D eigenvalue weighted by Crippen LogP contribution is -1.93. The molecule has 0 unspecified atom stereocenters. The van der Waals surface area contributed by atoms with Crippen molar-refractivity contribution in [3.63, 3.8) is 0 Å². The molecule has 10 rings (SSSR count). The minimum Gasteiger partial charge on any atom is -0.308 e. The maximum absolute atomic E-state index is 8.20. The molecule has 0 atom stereocenters. The number of thiophene rings is 2. The predicted octanol–water partition coefficient (Wildman–Crippen LogP) is 13.4. The van der Waals surface area contributed by atoms with Crippen molar-refractivity contribution in [1.29, 1.82) is 0 Å². The van der Waals surface area contributed by atoms with Crippen LogP contribution in [0.25, 0.3) is 94.9 Å². The molecule has 0 saturated heterocycles. The van der Waals surface area contributed by atoms with Crippen LogP contribution in [0.2, 0.25) is 0 Å². The fraction of sp³-hybridized carbons (Fsp3) is 0. The topological polar surface area (TPSA) is 9.29 Å². The highest BCUT2D eigenvalue weighted by Crippen LogP contribution is 2.46. The summed E-state index contributed by atoms with van der Waals surface area (Å²) >= 11 is 3.56. The van der Waals surface area contributed by atoms with E-state index in [1.807, 2.05) is 11.3 Å². The van der Waals surface area contributed by atoms with Crippen molar-refractivity contribution in [2.75, 3.05) is 0 Å². The first-order valence-corrected chi connectivity index (χ1v) is 17.3. The summed E-state index contributed by atoms with van der Waals surface area (Å²) in [5.74, 6) is 0. The Hall–Kier alpha value is -5.73. The Kier molecular flexibility index (Phi) is 5.71. The Morgan fingerprint density at radius 2 is 1.11 bits per heavy atom. The maximum atomic E-state index is 8.20. The maximum Gasteiger partial charge on any atom is 0.205 e. The van der Waals surface area contributed by atoms with E-state index < -0.39 is 0 Å². The van der Waals surface area contributed by atoms with Crippen LogP contribution in [0.15, 0.2) is 146 Å². The first-order chi connectivity index (χ1) is 23.2. The monoisotopic (exact) mass is 632 g/mol. The van der Waals surface area contributed by atoms with Gasteiger partial charge in [-0.05, 0) is 82.2 Å². The number of aromatic nitrogens is 1. The van der Waals surface area contributed by atoms with Gasteiger partial charge in [0.25, 0.3) is 0 Å². The van der Waals surface area contributed by atoms with Crippen LogP contribution in [0.3, 0.4) is 0 Å². The van der Waals surface area contributed by atoms with Crippen molar-refractivity contribution in [2.45, 2.75) is 0 Å². The van der Waals surface area contributed by atoms with E-state index in [0.717, 1.165) is 26.9 Å². The molecule has 7 aromatic carbocycles. The Labute approximate surface area is 278 Å². The first-order valence-electron chi connectivity index (χ1n) is 15.6. The third kappa shape index (κ3) is 3.95. The van der Waals surface area contributed by atoms with E-state index in [4.69, 9.17) is 6.57 Å². The van der Waals surface area contributed by atoms with Crippen LogP contribution >= 0.6 is 22.7 Å². The Morgan fingerprint density at radius 3 is 2.00 bits per heavy atom. The molecule has 10 aromatic rings. The Bertz CT molecular complexity index is 2920. The minimum atomic E-state index is 0.703. The van der Waals surface area contributed by atoms with Gasteiger partial charge in [0.1, 0.15) is 0 Å². The number of para-hydroxylation sites is 1. The molecule has 0 radical (unpaired) electrons. The van der Waals surface area contributed by atoms with Gasteiger partial charge in [-0.1, -0.05) is 91.0 Å². The van der Waals surface area contributed by atoms with Crippen molar-refractivity contribution in [1.82, 2.24) is 4.57 Å². The van der Waals surface area contributed by atoms with E-state index in [9.17, 15) is 0 Å². The van der Waals surface area contributed by atoms with Gasteiger partial charge < -0.3 is 4.57 Å². The second-order valence-electron chi connectivity index (χ2n) is 12.0. The van der Waals surface area contributed by atoms with Gasteiger partial charge in [0, 0.05) is 41.0 Å². The molecule has 0 spiro atoms. The minimum absolute atomic E-state index is 0.703. The molecule has 0 bridgehead atoms. The number of hydrogen-bond donors (Lipinski definition) is 0. The third-order valence-electron chi connectivity index (χ3n) is 9.41. The number of fused-ring (bicyclic) bond motifs is 9. The molecule has 0 amide bonds. The number of hydrogen-bond acceptors (Lipinski definition) is 2. The van der Waals surface area contributed by atoms with E-state index in [-0.39, 0.29) is 0 Å². The van der Waals surface area contributed by atoms with Crippen LogP contribution in [-0.2, 0) is 0 Å². The summed E-state index contributed by atoms with van der Waals surface area (Å²) in [6.07, 6.45) is 0. The van der Waals surface area contributed by atoms with Crippen LogP contribution < -0.4 is 0 Å². The van der Waals surface area contributed by atoms with Gasteiger partial charge >= 0.3 is 0 Å². The summed E-state index contributed by atoms with van der Waals surface area (Å²) < 4.78 is 7.23. The average molecular weight is 633 g/mol. The fourth-order valence-corrected chi connectivity index (χ4v) is 9.57. The summed E-state index contributed by atoms with van der Waals surface area (Å²) in [6.45, 7) is 8.20. The van der Waals surface area contributed by atoms with Crippen molar-refractivity contribution >= 4 is 90.5 Å². The number of rotatable bonds is 3. The molecule has 0 fully saturated rings. The molecule has 0 aliphatic heterocycles. The molecule has 0 N–H and O–H groups in total. The first kappa shape index (κ1) is 26.5. The second kappa shape index (κ2) is 10.1. The Morgan fingerprint density at radius 1 is 0.426 bits per heavy atom. The van der Waals surface area contributed by atoms with Crippen molar-refractivity contribution in [3.8, 4) is 27.9 Å². The molecular weight excluding hydrogens is 609 g/mol. The molecule has 3 heterocycles. The zero-order valence-corrected chi connectivity index (χ0v) is 26.7. The average Bonchev–Trinajstić information content (AvgIpc) is 3.80. The highest BCUT2D eigenvalue weighted by atomic mass is 32.1. The standard InChI is InChI=1S/C43H24N2S2/c1-44-36-25-29(28-19-21-41-34(23-28)31-13-6-8-17-40(31)46-41)24-35-32-14-9-16-39(43(32)47-42(35)36)45-37-15-7-5-12-30(37)33-22-27(18-20-38(33)45)26-10-3-2-4-11-26/h2-25H. The van der Waals surface area contributed by atoms with Gasteiger partial charge in [-0.15, -0.1) is 22.7 Å². The molecule has 0 aliphatic carbocycles. The van der Waals surface area contributed by atoms with E-state index >= 15 is 0 Å².